The third kappa shape index (κ3) is 1.61. The Bertz CT molecular complexity index is 374. The van der Waals surface area contributed by atoms with Crippen molar-refractivity contribution in [3.8, 4) is 0 Å². The van der Waals surface area contributed by atoms with Crippen molar-refractivity contribution in [1.82, 2.24) is 0 Å². The van der Waals surface area contributed by atoms with Gasteiger partial charge in [0.2, 0.25) is 0 Å². The van der Waals surface area contributed by atoms with E-state index in [0.29, 0.717) is 6.42 Å². The predicted octanol–water partition coefficient (Wildman–Crippen LogP) is 2.25. The maximum Gasteiger partial charge on any atom is 0.343 e. The largest absolute Gasteiger partial charge is 0.460 e. The lowest BCUT2D eigenvalue weighted by Crippen LogP contribution is -2.33. The van der Waals surface area contributed by atoms with Gasteiger partial charge in [-0.1, -0.05) is 37.3 Å². The minimum atomic E-state index is -0.901. The van der Waals surface area contributed by atoms with Crippen LogP contribution < -0.4 is 0 Å². The molecule has 1 aromatic rings. The second-order valence-corrected chi connectivity index (χ2v) is 4.04. The quantitative estimate of drug-likeness (QED) is 0.733. The number of carbonyl (C=O) groups excluding carboxylic acids is 1. The minimum absolute atomic E-state index is 0.0346. The molecule has 3 heteroatoms. The average molecular weight is 220 g/mol. The van der Waals surface area contributed by atoms with Crippen molar-refractivity contribution in [3.05, 3.63) is 35.9 Å². The van der Waals surface area contributed by atoms with Gasteiger partial charge in [0.25, 0.3) is 0 Å². The smallest absolute Gasteiger partial charge is 0.343 e. The molecule has 0 bridgehead atoms. The molecule has 2 atom stereocenters. The lowest BCUT2D eigenvalue weighted by molar-refractivity contribution is -0.158. The molecule has 0 radical (unpaired) electrons. The number of ether oxygens (including phenoxy) is 2. The SMILES string of the molecule is CCC1CC(OC)(c2ccccc2)C(=O)O1. The molecule has 16 heavy (non-hydrogen) atoms. The zero-order valence-corrected chi connectivity index (χ0v) is 9.60. The van der Waals surface area contributed by atoms with Crippen LogP contribution in [0.25, 0.3) is 0 Å². The topological polar surface area (TPSA) is 35.5 Å². The Balaban J connectivity index is 2.37. The highest BCUT2D eigenvalue weighted by Crippen LogP contribution is 2.39. The van der Waals surface area contributed by atoms with Crippen LogP contribution in [0.4, 0.5) is 0 Å². The van der Waals surface area contributed by atoms with Crippen LogP contribution in [0, 0.1) is 0 Å². The third-order valence-electron chi connectivity index (χ3n) is 3.16. The van der Waals surface area contributed by atoms with E-state index < -0.39 is 5.60 Å². The van der Waals surface area contributed by atoms with Crippen molar-refractivity contribution in [3.63, 3.8) is 0 Å². The van der Waals surface area contributed by atoms with Crippen LogP contribution in [-0.2, 0) is 19.9 Å². The van der Waals surface area contributed by atoms with Gasteiger partial charge in [0.05, 0.1) is 0 Å². The molecule has 1 heterocycles. The fourth-order valence-electron chi connectivity index (χ4n) is 2.15. The molecule has 0 saturated carbocycles. The van der Waals surface area contributed by atoms with Gasteiger partial charge in [-0.05, 0) is 12.0 Å². The molecular formula is C13H16O3. The van der Waals surface area contributed by atoms with E-state index in [9.17, 15) is 4.79 Å². The summed E-state index contributed by atoms with van der Waals surface area (Å²) in [4.78, 5) is 11.9. The molecule has 2 rings (SSSR count). The van der Waals surface area contributed by atoms with Crippen molar-refractivity contribution < 1.29 is 14.3 Å². The first-order chi connectivity index (χ1) is 7.73. The Kier molecular flexibility index (Phi) is 2.97. The van der Waals surface area contributed by atoms with Gasteiger partial charge in [-0.15, -0.1) is 0 Å². The molecule has 0 aliphatic carbocycles. The standard InChI is InChI=1S/C13H16O3/c1-3-11-9-13(15-2,12(14)16-11)10-7-5-4-6-8-10/h4-8,11H,3,9H2,1-2H3. The molecule has 0 N–H and O–H groups in total. The fraction of sp³-hybridized carbons (Fsp3) is 0.462. The molecule has 0 aromatic heterocycles. The molecule has 1 fully saturated rings. The van der Waals surface area contributed by atoms with E-state index in [1.165, 1.54) is 0 Å². The monoisotopic (exact) mass is 220 g/mol. The zero-order valence-electron chi connectivity index (χ0n) is 9.60. The highest BCUT2D eigenvalue weighted by Gasteiger charge is 2.50. The van der Waals surface area contributed by atoms with Crippen LogP contribution in [-0.4, -0.2) is 19.2 Å². The second kappa shape index (κ2) is 4.26. The van der Waals surface area contributed by atoms with Gasteiger partial charge in [-0.25, -0.2) is 4.79 Å². The van der Waals surface area contributed by atoms with Crippen molar-refractivity contribution in [1.29, 1.82) is 0 Å². The predicted molar refractivity (Wildman–Crippen MR) is 59.9 cm³/mol. The highest BCUT2D eigenvalue weighted by molar-refractivity contribution is 5.83. The van der Waals surface area contributed by atoms with E-state index in [0.717, 1.165) is 12.0 Å². The summed E-state index contributed by atoms with van der Waals surface area (Å²) in [5.41, 5.74) is -0.0273. The molecule has 1 saturated heterocycles. The maximum atomic E-state index is 11.9. The molecular weight excluding hydrogens is 204 g/mol. The normalized spacial score (nSPS) is 29.1. The second-order valence-electron chi connectivity index (χ2n) is 4.04. The molecule has 1 aromatic carbocycles. The summed E-state index contributed by atoms with van der Waals surface area (Å²) in [5.74, 6) is -0.270. The number of cyclic esters (lactones) is 1. The summed E-state index contributed by atoms with van der Waals surface area (Å²) in [6.45, 7) is 2.01. The van der Waals surface area contributed by atoms with E-state index in [1.807, 2.05) is 37.3 Å². The van der Waals surface area contributed by atoms with E-state index in [2.05, 4.69) is 0 Å². The number of esters is 1. The average Bonchev–Trinajstić information content (AvgIpc) is 2.68. The number of rotatable bonds is 3. The maximum absolute atomic E-state index is 11.9. The first kappa shape index (κ1) is 11.1. The highest BCUT2D eigenvalue weighted by atomic mass is 16.6. The molecule has 1 aliphatic rings. The van der Waals surface area contributed by atoms with Gasteiger partial charge in [0.1, 0.15) is 6.10 Å². The van der Waals surface area contributed by atoms with Crippen LogP contribution in [0.15, 0.2) is 30.3 Å². The Morgan fingerprint density at radius 1 is 1.44 bits per heavy atom. The molecule has 1 aliphatic heterocycles. The van der Waals surface area contributed by atoms with Crippen molar-refractivity contribution in [2.45, 2.75) is 31.5 Å². The summed E-state index contributed by atoms with van der Waals surface area (Å²) in [6.07, 6.45) is 1.39. The summed E-state index contributed by atoms with van der Waals surface area (Å²) >= 11 is 0. The number of hydrogen-bond acceptors (Lipinski definition) is 3. The molecule has 0 spiro atoms. The van der Waals surface area contributed by atoms with Crippen LogP contribution in [0.3, 0.4) is 0 Å². The van der Waals surface area contributed by atoms with Crippen LogP contribution in [0.2, 0.25) is 0 Å². The van der Waals surface area contributed by atoms with Crippen molar-refractivity contribution in [2.75, 3.05) is 7.11 Å². The van der Waals surface area contributed by atoms with E-state index >= 15 is 0 Å². The molecule has 2 unspecified atom stereocenters. The van der Waals surface area contributed by atoms with Crippen LogP contribution in [0.1, 0.15) is 25.3 Å². The summed E-state index contributed by atoms with van der Waals surface area (Å²) in [5, 5.41) is 0. The minimum Gasteiger partial charge on any atom is -0.460 e. The molecule has 0 amide bonds. The third-order valence-corrected chi connectivity index (χ3v) is 3.16. The Morgan fingerprint density at radius 3 is 2.62 bits per heavy atom. The summed E-state index contributed by atoms with van der Waals surface area (Å²) < 4.78 is 10.8. The zero-order chi connectivity index (χ0) is 11.6. The lowest BCUT2D eigenvalue weighted by Gasteiger charge is -2.23. The van der Waals surface area contributed by atoms with Gasteiger partial charge in [-0.2, -0.15) is 0 Å². The van der Waals surface area contributed by atoms with Crippen molar-refractivity contribution in [2.24, 2.45) is 0 Å². The number of carbonyl (C=O) groups is 1. The summed E-state index contributed by atoms with van der Waals surface area (Å²) in [6, 6.07) is 9.54. The Hall–Kier alpha value is -1.35. The van der Waals surface area contributed by atoms with E-state index in [4.69, 9.17) is 9.47 Å². The Labute approximate surface area is 95.4 Å². The van der Waals surface area contributed by atoms with Gasteiger partial charge in [0, 0.05) is 13.5 Å². The molecule has 86 valence electrons. The number of hydrogen-bond donors (Lipinski definition) is 0. The van der Waals surface area contributed by atoms with Gasteiger partial charge < -0.3 is 9.47 Å². The fourth-order valence-corrected chi connectivity index (χ4v) is 2.15. The van der Waals surface area contributed by atoms with Crippen LogP contribution >= 0.6 is 0 Å². The van der Waals surface area contributed by atoms with Crippen LogP contribution in [0.5, 0.6) is 0 Å². The van der Waals surface area contributed by atoms with Gasteiger partial charge in [-0.3, -0.25) is 0 Å². The van der Waals surface area contributed by atoms with E-state index in [-0.39, 0.29) is 12.1 Å². The van der Waals surface area contributed by atoms with Crippen molar-refractivity contribution >= 4 is 5.97 Å². The first-order valence-corrected chi connectivity index (χ1v) is 5.54. The Morgan fingerprint density at radius 2 is 2.12 bits per heavy atom. The number of benzene rings is 1. The van der Waals surface area contributed by atoms with E-state index in [1.54, 1.807) is 7.11 Å². The summed E-state index contributed by atoms with van der Waals surface area (Å²) in [7, 11) is 1.56. The van der Waals surface area contributed by atoms with Gasteiger partial charge >= 0.3 is 5.97 Å². The lowest BCUT2D eigenvalue weighted by atomic mass is 9.90. The first-order valence-electron chi connectivity index (χ1n) is 5.54. The number of methoxy groups -OCH3 is 1. The molecule has 3 nitrogen and oxygen atoms in total. The van der Waals surface area contributed by atoms with Gasteiger partial charge in [0.15, 0.2) is 5.60 Å².